The molecule has 2 rings (SSSR count). The van der Waals surface area contributed by atoms with E-state index >= 15 is 0 Å². The number of carboxylic acids is 1. The number of carbonyl (C=O) groups excluding carboxylic acids is 1. The SMILES string of the molecule is O=C(O)C[C@@H]1CN(C(=O)c2ccc(Br)c(F)c2)CCO1. The van der Waals surface area contributed by atoms with E-state index in [1.807, 2.05) is 0 Å². The normalized spacial score (nSPS) is 18.9. The molecule has 0 aromatic heterocycles. The number of nitrogens with zero attached hydrogens (tertiary/aromatic N) is 1. The topological polar surface area (TPSA) is 66.8 Å². The second-order valence-electron chi connectivity index (χ2n) is 4.47. The molecule has 1 amide bonds. The first-order valence-electron chi connectivity index (χ1n) is 6.05. The lowest BCUT2D eigenvalue weighted by atomic mass is 10.1. The zero-order chi connectivity index (χ0) is 14.7. The van der Waals surface area contributed by atoms with E-state index < -0.39 is 17.9 Å². The fraction of sp³-hybridized carbons (Fsp3) is 0.385. The van der Waals surface area contributed by atoms with Crippen LogP contribution in [0.25, 0.3) is 0 Å². The Hall–Kier alpha value is -1.47. The summed E-state index contributed by atoms with van der Waals surface area (Å²) in [6.45, 7) is 0.845. The summed E-state index contributed by atoms with van der Waals surface area (Å²) in [5.41, 5.74) is 0.238. The van der Waals surface area contributed by atoms with E-state index in [2.05, 4.69) is 15.9 Å². The van der Waals surface area contributed by atoms with Gasteiger partial charge in [0.1, 0.15) is 5.82 Å². The molecule has 1 atom stereocenters. The van der Waals surface area contributed by atoms with Gasteiger partial charge in [-0.1, -0.05) is 0 Å². The minimum atomic E-state index is -0.973. The number of hydrogen-bond donors (Lipinski definition) is 1. The first kappa shape index (κ1) is 14.9. The summed E-state index contributed by atoms with van der Waals surface area (Å²) < 4.78 is 19.0. The first-order chi connectivity index (χ1) is 9.47. The maximum atomic E-state index is 13.4. The van der Waals surface area contributed by atoms with Crippen molar-refractivity contribution in [3.8, 4) is 0 Å². The highest BCUT2D eigenvalue weighted by atomic mass is 79.9. The Bertz CT molecular complexity index is 537. The van der Waals surface area contributed by atoms with Crippen LogP contribution in [-0.4, -0.2) is 47.7 Å². The summed E-state index contributed by atoms with van der Waals surface area (Å²) >= 11 is 3.03. The predicted molar refractivity (Wildman–Crippen MR) is 72.0 cm³/mol. The molecule has 1 aromatic rings. The number of carboxylic acid groups (broad SMARTS) is 1. The number of halogens is 2. The fourth-order valence-electron chi connectivity index (χ4n) is 2.03. The maximum absolute atomic E-state index is 13.4. The second kappa shape index (κ2) is 6.32. The van der Waals surface area contributed by atoms with Crippen LogP contribution >= 0.6 is 15.9 Å². The summed E-state index contributed by atoms with van der Waals surface area (Å²) in [5.74, 6) is -1.81. The molecule has 1 aromatic carbocycles. The molecule has 0 saturated carbocycles. The third-order valence-corrected chi connectivity index (χ3v) is 3.64. The number of hydrogen-bond acceptors (Lipinski definition) is 3. The van der Waals surface area contributed by atoms with Crippen molar-refractivity contribution in [3.05, 3.63) is 34.1 Å². The maximum Gasteiger partial charge on any atom is 0.306 e. The molecular weight excluding hydrogens is 333 g/mol. The van der Waals surface area contributed by atoms with E-state index in [1.165, 1.54) is 17.0 Å². The molecule has 0 aliphatic carbocycles. The van der Waals surface area contributed by atoms with Gasteiger partial charge in [-0.3, -0.25) is 9.59 Å². The summed E-state index contributed by atoms with van der Waals surface area (Å²) in [6.07, 6.45) is -0.677. The monoisotopic (exact) mass is 345 g/mol. The van der Waals surface area contributed by atoms with Gasteiger partial charge in [-0.15, -0.1) is 0 Å². The molecule has 1 aliphatic heterocycles. The van der Waals surface area contributed by atoms with Crippen molar-refractivity contribution < 1.29 is 23.8 Å². The van der Waals surface area contributed by atoms with Gasteiger partial charge in [0.2, 0.25) is 0 Å². The van der Waals surface area contributed by atoms with Gasteiger partial charge in [0.25, 0.3) is 5.91 Å². The van der Waals surface area contributed by atoms with E-state index in [4.69, 9.17) is 9.84 Å². The molecule has 20 heavy (non-hydrogen) atoms. The van der Waals surface area contributed by atoms with Gasteiger partial charge in [0.15, 0.2) is 0 Å². The first-order valence-corrected chi connectivity index (χ1v) is 6.84. The van der Waals surface area contributed by atoms with Gasteiger partial charge < -0.3 is 14.7 Å². The molecule has 1 N–H and O–H groups in total. The summed E-state index contributed by atoms with van der Waals surface area (Å²) in [5, 5.41) is 8.74. The summed E-state index contributed by atoms with van der Waals surface area (Å²) in [7, 11) is 0. The molecule has 0 bridgehead atoms. The molecule has 1 aliphatic rings. The molecule has 0 spiro atoms. The standard InChI is InChI=1S/C13H13BrFNO4/c14-10-2-1-8(5-11(10)15)13(19)16-3-4-20-9(7-16)6-12(17)18/h1-2,5,9H,3-4,6-7H2,(H,17,18)/t9-/m1/s1. The van der Waals surface area contributed by atoms with Crippen LogP contribution in [0.4, 0.5) is 4.39 Å². The van der Waals surface area contributed by atoms with Gasteiger partial charge in [0.05, 0.1) is 23.6 Å². The third-order valence-electron chi connectivity index (χ3n) is 2.99. The van der Waals surface area contributed by atoms with E-state index in [0.29, 0.717) is 11.0 Å². The summed E-state index contributed by atoms with van der Waals surface area (Å²) in [4.78, 5) is 24.4. The lowest BCUT2D eigenvalue weighted by Gasteiger charge is -2.32. The largest absolute Gasteiger partial charge is 0.481 e. The molecule has 1 saturated heterocycles. The van der Waals surface area contributed by atoms with Gasteiger partial charge in [-0.05, 0) is 34.1 Å². The highest BCUT2D eigenvalue weighted by Gasteiger charge is 2.26. The van der Waals surface area contributed by atoms with Crippen molar-refractivity contribution in [1.82, 2.24) is 4.90 Å². The van der Waals surface area contributed by atoms with Crippen LogP contribution in [0.15, 0.2) is 22.7 Å². The highest BCUT2D eigenvalue weighted by molar-refractivity contribution is 9.10. The van der Waals surface area contributed by atoms with Crippen molar-refractivity contribution >= 4 is 27.8 Å². The van der Waals surface area contributed by atoms with Crippen LogP contribution in [0.1, 0.15) is 16.8 Å². The smallest absolute Gasteiger partial charge is 0.306 e. The van der Waals surface area contributed by atoms with Crippen molar-refractivity contribution in [2.24, 2.45) is 0 Å². The van der Waals surface area contributed by atoms with Crippen molar-refractivity contribution in [1.29, 1.82) is 0 Å². The van der Waals surface area contributed by atoms with Crippen molar-refractivity contribution in [2.75, 3.05) is 19.7 Å². The van der Waals surface area contributed by atoms with Crippen LogP contribution in [0, 0.1) is 5.82 Å². The zero-order valence-corrected chi connectivity index (χ0v) is 12.1. The Labute approximate surface area is 123 Å². The van der Waals surface area contributed by atoms with E-state index in [9.17, 15) is 14.0 Å². The zero-order valence-electron chi connectivity index (χ0n) is 10.5. The average Bonchev–Trinajstić information content (AvgIpc) is 2.40. The Balaban J connectivity index is 2.08. The van der Waals surface area contributed by atoms with Gasteiger partial charge >= 0.3 is 5.97 Å². The lowest BCUT2D eigenvalue weighted by Crippen LogP contribution is -2.46. The molecule has 1 fully saturated rings. The van der Waals surface area contributed by atoms with Crippen LogP contribution in [-0.2, 0) is 9.53 Å². The van der Waals surface area contributed by atoms with Gasteiger partial charge in [0, 0.05) is 18.7 Å². The minimum Gasteiger partial charge on any atom is -0.481 e. The molecule has 0 radical (unpaired) electrons. The predicted octanol–water partition coefficient (Wildman–Crippen LogP) is 1.90. The summed E-state index contributed by atoms with van der Waals surface area (Å²) in [6, 6.07) is 4.16. The van der Waals surface area contributed by atoms with Crippen LogP contribution in [0.2, 0.25) is 0 Å². The van der Waals surface area contributed by atoms with Gasteiger partial charge in [-0.25, -0.2) is 4.39 Å². The van der Waals surface area contributed by atoms with Crippen molar-refractivity contribution in [2.45, 2.75) is 12.5 Å². The van der Waals surface area contributed by atoms with Crippen LogP contribution in [0.3, 0.4) is 0 Å². The van der Waals surface area contributed by atoms with Gasteiger partial charge in [-0.2, -0.15) is 0 Å². The lowest BCUT2D eigenvalue weighted by molar-refractivity contribution is -0.141. The molecule has 1 heterocycles. The van der Waals surface area contributed by atoms with Crippen LogP contribution in [0.5, 0.6) is 0 Å². The average molecular weight is 346 g/mol. The number of carbonyl (C=O) groups is 2. The minimum absolute atomic E-state index is 0.154. The molecule has 0 unspecified atom stereocenters. The highest BCUT2D eigenvalue weighted by Crippen LogP contribution is 2.19. The fourth-order valence-corrected chi connectivity index (χ4v) is 2.28. The number of morpholine rings is 1. The molecule has 7 heteroatoms. The number of amides is 1. The van der Waals surface area contributed by atoms with Crippen LogP contribution < -0.4 is 0 Å². The quantitative estimate of drug-likeness (QED) is 0.908. The number of benzene rings is 1. The van der Waals surface area contributed by atoms with E-state index in [-0.39, 0.29) is 31.0 Å². The molecule has 108 valence electrons. The van der Waals surface area contributed by atoms with Crippen molar-refractivity contribution in [3.63, 3.8) is 0 Å². The Morgan fingerprint density at radius 2 is 2.25 bits per heavy atom. The number of ether oxygens (including phenoxy) is 1. The molecular formula is C13H13BrFNO4. The number of aliphatic carboxylic acids is 1. The van der Waals surface area contributed by atoms with E-state index in [1.54, 1.807) is 0 Å². The second-order valence-corrected chi connectivity index (χ2v) is 5.33. The Kier molecular flexibility index (Phi) is 4.72. The van der Waals surface area contributed by atoms with E-state index in [0.717, 1.165) is 6.07 Å². The Morgan fingerprint density at radius 3 is 2.90 bits per heavy atom. The third kappa shape index (κ3) is 3.55. The Morgan fingerprint density at radius 1 is 1.50 bits per heavy atom. The molecule has 5 nitrogen and oxygen atoms in total. The number of rotatable bonds is 3.